The normalized spacial score (nSPS) is 32.4. The Kier molecular flexibility index (Phi) is 6.50. The first-order valence-electron chi connectivity index (χ1n) is 9.23. The summed E-state index contributed by atoms with van der Waals surface area (Å²) in [6, 6.07) is 7.12. The average molecular weight is 408 g/mol. The summed E-state index contributed by atoms with van der Waals surface area (Å²) in [5.41, 5.74) is 0.479. The Hall–Kier alpha value is -2.50. The second-order valence-electron chi connectivity index (χ2n) is 6.74. The standard InChI is InChI=1S/C19H24N2O8/c1-2-28-18(26)11-12(9-6-4-3-5-7-9)20-19(27)21-13(11)17-16(25)15(24)14(23)10(8-22)29-17/h3-7,10,12,14-17,22-25H,2,8H2,1H3,(H2,20,21,27)/t10-,12+,14+,15+,16-,17+/m1/s1. The molecule has 29 heavy (non-hydrogen) atoms. The third-order valence-corrected chi connectivity index (χ3v) is 4.91. The van der Waals surface area contributed by atoms with E-state index in [1.807, 2.05) is 0 Å². The van der Waals surface area contributed by atoms with Crippen molar-refractivity contribution in [3.8, 4) is 0 Å². The quantitative estimate of drug-likeness (QED) is 0.328. The Bertz CT molecular complexity index is 782. The molecule has 0 radical (unpaired) electrons. The lowest BCUT2D eigenvalue weighted by Crippen LogP contribution is -2.62. The van der Waals surface area contributed by atoms with Gasteiger partial charge in [0.05, 0.1) is 30.5 Å². The van der Waals surface area contributed by atoms with Gasteiger partial charge in [0, 0.05) is 0 Å². The number of urea groups is 1. The summed E-state index contributed by atoms with van der Waals surface area (Å²) in [5.74, 6) is -0.749. The Labute approximate surface area is 166 Å². The number of hydrogen-bond donors (Lipinski definition) is 6. The van der Waals surface area contributed by atoms with E-state index >= 15 is 0 Å². The number of esters is 1. The molecule has 158 valence electrons. The minimum absolute atomic E-state index is 0.0121. The minimum Gasteiger partial charge on any atom is -0.463 e. The highest BCUT2D eigenvalue weighted by atomic mass is 16.5. The monoisotopic (exact) mass is 408 g/mol. The number of ether oxygens (including phenoxy) is 2. The van der Waals surface area contributed by atoms with Gasteiger partial charge in [0.25, 0.3) is 0 Å². The lowest BCUT2D eigenvalue weighted by molar-refractivity contribution is -0.220. The summed E-state index contributed by atoms with van der Waals surface area (Å²) in [5, 5.41) is 45.1. The number of carbonyl (C=O) groups is 2. The average Bonchev–Trinajstić information content (AvgIpc) is 2.72. The first-order chi connectivity index (χ1) is 13.9. The molecule has 2 heterocycles. The highest BCUT2D eigenvalue weighted by Gasteiger charge is 2.48. The number of aliphatic hydroxyl groups excluding tert-OH is 4. The first-order valence-corrected chi connectivity index (χ1v) is 9.23. The van der Waals surface area contributed by atoms with Gasteiger partial charge in [0.15, 0.2) is 0 Å². The van der Waals surface area contributed by atoms with Crippen molar-refractivity contribution in [1.29, 1.82) is 0 Å². The zero-order valence-electron chi connectivity index (χ0n) is 15.7. The highest BCUT2D eigenvalue weighted by Crippen LogP contribution is 2.33. The van der Waals surface area contributed by atoms with E-state index in [0.717, 1.165) is 0 Å². The Morgan fingerprint density at radius 2 is 1.83 bits per heavy atom. The lowest BCUT2D eigenvalue weighted by atomic mass is 9.88. The largest absolute Gasteiger partial charge is 0.463 e. The molecule has 0 aliphatic carbocycles. The minimum atomic E-state index is -1.66. The van der Waals surface area contributed by atoms with Crippen LogP contribution in [-0.4, -0.2) is 76.2 Å². The Balaban J connectivity index is 2.11. The van der Waals surface area contributed by atoms with Gasteiger partial charge in [-0.05, 0) is 12.5 Å². The van der Waals surface area contributed by atoms with Gasteiger partial charge < -0.3 is 40.5 Å². The van der Waals surface area contributed by atoms with E-state index in [1.54, 1.807) is 37.3 Å². The summed E-state index contributed by atoms with van der Waals surface area (Å²) >= 11 is 0. The van der Waals surface area contributed by atoms with Gasteiger partial charge in [0.2, 0.25) is 0 Å². The number of benzene rings is 1. The van der Waals surface area contributed by atoms with Crippen molar-refractivity contribution in [1.82, 2.24) is 10.6 Å². The van der Waals surface area contributed by atoms with Gasteiger partial charge in [-0.1, -0.05) is 30.3 Å². The number of amides is 2. The van der Waals surface area contributed by atoms with E-state index in [-0.39, 0.29) is 17.9 Å². The third kappa shape index (κ3) is 4.11. The van der Waals surface area contributed by atoms with Crippen LogP contribution in [0.4, 0.5) is 4.79 Å². The number of carbonyl (C=O) groups excluding carboxylic acids is 2. The van der Waals surface area contributed by atoms with Crippen molar-refractivity contribution in [3.05, 3.63) is 47.2 Å². The molecule has 3 rings (SSSR count). The van der Waals surface area contributed by atoms with Crippen LogP contribution in [0.1, 0.15) is 18.5 Å². The first kappa shape index (κ1) is 21.2. The summed E-state index contributed by atoms with van der Waals surface area (Å²) in [4.78, 5) is 25.1. The fourth-order valence-electron chi connectivity index (χ4n) is 3.48. The summed E-state index contributed by atoms with van der Waals surface area (Å²) in [6.45, 7) is 1.05. The summed E-state index contributed by atoms with van der Waals surface area (Å²) in [7, 11) is 0. The maximum absolute atomic E-state index is 12.8. The molecule has 6 atom stereocenters. The zero-order valence-corrected chi connectivity index (χ0v) is 15.7. The zero-order chi connectivity index (χ0) is 21.1. The predicted molar refractivity (Wildman–Crippen MR) is 98.3 cm³/mol. The second-order valence-corrected chi connectivity index (χ2v) is 6.74. The van der Waals surface area contributed by atoms with Crippen LogP contribution in [0.2, 0.25) is 0 Å². The smallest absolute Gasteiger partial charge is 0.338 e. The van der Waals surface area contributed by atoms with Crippen molar-refractivity contribution in [3.63, 3.8) is 0 Å². The second kappa shape index (κ2) is 8.89. The molecule has 1 aromatic carbocycles. The maximum atomic E-state index is 12.8. The molecule has 0 unspecified atom stereocenters. The number of aliphatic hydroxyl groups is 4. The van der Waals surface area contributed by atoms with Crippen LogP contribution >= 0.6 is 0 Å². The van der Waals surface area contributed by atoms with Crippen LogP contribution in [0.3, 0.4) is 0 Å². The predicted octanol–water partition coefficient (Wildman–Crippen LogP) is -1.30. The molecule has 10 heteroatoms. The molecule has 0 saturated carbocycles. The van der Waals surface area contributed by atoms with E-state index < -0.39 is 55.2 Å². The SMILES string of the molecule is CCOC(=O)C1=C([C@@H]2O[C@H](CO)[C@H](O)[C@H](O)[C@H]2O)NC(=O)N[C@H]1c1ccccc1. The topological polar surface area (TPSA) is 158 Å². The highest BCUT2D eigenvalue weighted by molar-refractivity contribution is 5.95. The molecule has 2 aliphatic heterocycles. The van der Waals surface area contributed by atoms with Crippen LogP contribution in [0.15, 0.2) is 41.6 Å². The molecule has 2 aliphatic rings. The van der Waals surface area contributed by atoms with Gasteiger partial charge in [-0.25, -0.2) is 9.59 Å². The Morgan fingerprint density at radius 1 is 1.14 bits per heavy atom. The van der Waals surface area contributed by atoms with E-state index in [9.17, 15) is 30.0 Å². The van der Waals surface area contributed by atoms with Gasteiger partial charge in [-0.2, -0.15) is 0 Å². The number of nitrogens with one attached hydrogen (secondary N) is 2. The number of rotatable bonds is 5. The fourth-order valence-corrected chi connectivity index (χ4v) is 3.48. The van der Waals surface area contributed by atoms with Crippen molar-refractivity contribution in [2.75, 3.05) is 13.2 Å². The molecule has 0 spiro atoms. The van der Waals surface area contributed by atoms with Crippen LogP contribution in [0, 0.1) is 0 Å². The van der Waals surface area contributed by atoms with Gasteiger partial charge >= 0.3 is 12.0 Å². The fraction of sp³-hybridized carbons (Fsp3) is 0.474. The molecule has 0 aromatic heterocycles. The molecular weight excluding hydrogens is 384 g/mol. The summed E-state index contributed by atoms with van der Waals surface area (Å²) < 4.78 is 10.7. The van der Waals surface area contributed by atoms with Gasteiger partial charge in [0.1, 0.15) is 30.5 Å². The molecule has 2 amide bonds. The summed E-state index contributed by atoms with van der Waals surface area (Å²) in [6.07, 6.45) is -7.48. The van der Waals surface area contributed by atoms with Crippen LogP contribution < -0.4 is 10.6 Å². The lowest BCUT2D eigenvalue weighted by Gasteiger charge is -2.42. The molecule has 0 bridgehead atoms. The third-order valence-electron chi connectivity index (χ3n) is 4.91. The van der Waals surface area contributed by atoms with E-state index in [0.29, 0.717) is 5.56 Å². The van der Waals surface area contributed by atoms with Crippen LogP contribution in [-0.2, 0) is 14.3 Å². The van der Waals surface area contributed by atoms with E-state index in [2.05, 4.69) is 10.6 Å². The molecule has 1 fully saturated rings. The van der Waals surface area contributed by atoms with Gasteiger partial charge in [-0.15, -0.1) is 0 Å². The maximum Gasteiger partial charge on any atom is 0.338 e. The number of hydrogen-bond acceptors (Lipinski definition) is 8. The van der Waals surface area contributed by atoms with Crippen molar-refractivity contribution in [2.45, 2.75) is 43.5 Å². The molecule has 6 N–H and O–H groups in total. The van der Waals surface area contributed by atoms with E-state index in [4.69, 9.17) is 9.47 Å². The Morgan fingerprint density at radius 3 is 2.45 bits per heavy atom. The van der Waals surface area contributed by atoms with Crippen molar-refractivity contribution in [2.24, 2.45) is 0 Å². The van der Waals surface area contributed by atoms with Gasteiger partial charge in [-0.3, -0.25) is 0 Å². The van der Waals surface area contributed by atoms with E-state index in [1.165, 1.54) is 0 Å². The van der Waals surface area contributed by atoms with Crippen molar-refractivity contribution < 1.29 is 39.5 Å². The van der Waals surface area contributed by atoms with Crippen LogP contribution in [0.25, 0.3) is 0 Å². The molecule has 1 aromatic rings. The molecule has 1 saturated heterocycles. The van der Waals surface area contributed by atoms with Crippen molar-refractivity contribution >= 4 is 12.0 Å². The van der Waals surface area contributed by atoms with Crippen LogP contribution in [0.5, 0.6) is 0 Å². The molecule has 10 nitrogen and oxygen atoms in total. The molecular formula is C19H24N2O8.